The number of hydrogen-bond donors (Lipinski definition) is 2. The van der Waals surface area contributed by atoms with Gasteiger partial charge < -0.3 is 10.2 Å². The summed E-state index contributed by atoms with van der Waals surface area (Å²) in [5, 5.41) is 19.8. The quantitative estimate of drug-likeness (QED) is 0.453. The number of aliphatic hydroxyl groups is 2. The van der Waals surface area contributed by atoms with E-state index in [-0.39, 0.29) is 11.5 Å². The maximum Gasteiger partial charge on any atom is 0.229 e. The van der Waals surface area contributed by atoms with E-state index in [1.54, 1.807) is 48.5 Å². The second kappa shape index (κ2) is 7.75. The summed E-state index contributed by atoms with van der Waals surface area (Å²) < 4.78 is 0.826. The molecule has 2 rings (SSSR count). The van der Waals surface area contributed by atoms with E-state index in [9.17, 15) is 19.8 Å². The third kappa shape index (κ3) is 4.67. The van der Waals surface area contributed by atoms with Gasteiger partial charge in [0.15, 0.2) is 0 Å². The van der Waals surface area contributed by atoms with Crippen LogP contribution >= 0.6 is 15.9 Å². The van der Waals surface area contributed by atoms with Crippen LogP contribution in [-0.4, -0.2) is 21.8 Å². The molecular weight excluding hydrogens is 372 g/mol. The Labute approximate surface area is 147 Å². The molecular formula is C19H15BrO4. The van der Waals surface area contributed by atoms with Gasteiger partial charge in [0, 0.05) is 27.8 Å². The molecule has 2 N–H and O–H groups in total. The van der Waals surface area contributed by atoms with Gasteiger partial charge in [0.2, 0.25) is 11.6 Å². The van der Waals surface area contributed by atoms with Gasteiger partial charge in [-0.25, -0.2) is 0 Å². The molecule has 0 radical (unpaired) electrons. The molecule has 5 heteroatoms. The average molecular weight is 387 g/mol. The summed E-state index contributed by atoms with van der Waals surface area (Å²) >= 11 is 3.26. The van der Waals surface area contributed by atoms with E-state index in [0.717, 1.165) is 22.2 Å². The molecule has 0 heterocycles. The van der Waals surface area contributed by atoms with Crippen molar-refractivity contribution in [1.29, 1.82) is 0 Å². The fourth-order valence-corrected chi connectivity index (χ4v) is 2.17. The Kier molecular flexibility index (Phi) is 5.71. The summed E-state index contributed by atoms with van der Waals surface area (Å²) in [6.45, 7) is 1.90. The summed E-state index contributed by atoms with van der Waals surface area (Å²) in [4.78, 5) is 23.7. The van der Waals surface area contributed by atoms with Gasteiger partial charge in [-0.05, 0) is 19.1 Å². The molecule has 2 aromatic rings. The van der Waals surface area contributed by atoms with Crippen molar-refractivity contribution in [1.82, 2.24) is 0 Å². The molecule has 0 aliphatic rings. The molecule has 0 bridgehead atoms. The van der Waals surface area contributed by atoms with Crippen LogP contribution < -0.4 is 0 Å². The minimum absolute atomic E-state index is 0.301. The van der Waals surface area contributed by atoms with Crippen molar-refractivity contribution in [3.05, 3.63) is 81.8 Å². The summed E-state index contributed by atoms with van der Waals surface area (Å²) in [6, 6.07) is 13.5. The van der Waals surface area contributed by atoms with E-state index in [0.29, 0.717) is 11.1 Å². The fraction of sp³-hybridized carbons (Fsp3) is 0.0526. The molecule has 0 atom stereocenters. The van der Waals surface area contributed by atoms with Crippen molar-refractivity contribution in [2.75, 3.05) is 0 Å². The molecule has 2 aromatic carbocycles. The zero-order chi connectivity index (χ0) is 17.7. The first-order valence-electron chi connectivity index (χ1n) is 7.09. The van der Waals surface area contributed by atoms with Gasteiger partial charge in [0.05, 0.1) is 0 Å². The molecule has 0 spiro atoms. The van der Waals surface area contributed by atoms with Crippen molar-refractivity contribution in [2.45, 2.75) is 6.92 Å². The molecule has 4 nitrogen and oxygen atoms in total. The zero-order valence-electron chi connectivity index (χ0n) is 12.9. The number of halogens is 1. The van der Waals surface area contributed by atoms with Crippen LogP contribution in [0.25, 0.3) is 11.5 Å². The lowest BCUT2D eigenvalue weighted by Gasteiger charge is -2.01. The lowest BCUT2D eigenvalue weighted by molar-refractivity contribution is -0.130. The zero-order valence-corrected chi connectivity index (χ0v) is 14.4. The molecule has 0 aromatic heterocycles. The predicted octanol–water partition coefficient (Wildman–Crippen LogP) is 4.39. The number of ketones is 2. The third-order valence-electron chi connectivity index (χ3n) is 3.27. The average Bonchev–Trinajstić information content (AvgIpc) is 2.55. The van der Waals surface area contributed by atoms with Crippen molar-refractivity contribution < 1.29 is 19.8 Å². The third-order valence-corrected chi connectivity index (χ3v) is 3.79. The van der Waals surface area contributed by atoms with E-state index in [1.165, 1.54) is 0 Å². The van der Waals surface area contributed by atoms with Crippen molar-refractivity contribution in [2.24, 2.45) is 0 Å². The first-order valence-corrected chi connectivity index (χ1v) is 7.88. The Morgan fingerprint density at radius 1 is 0.792 bits per heavy atom. The minimum Gasteiger partial charge on any atom is -0.507 e. The Morgan fingerprint density at radius 3 is 1.58 bits per heavy atom. The topological polar surface area (TPSA) is 74.6 Å². The van der Waals surface area contributed by atoms with E-state index in [1.807, 2.05) is 6.92 Å². The van der Waals surface area contributed by atoms with Crippen LogP contribution in [-0.2, 0) is 9.59 Å². The SMILES string of the molecule is Cc1ccc(C(O)=CC(=O)C(=O)C=C(O)c2ccc(Br)cc2)cc1. The smallest absolute Gasteiger partial charge is 0.229 e. The summed E-state index contributed by atoms with van der Waals surface area (Å²) in [6.07, 6.45) is 1.68. The van der Waals surface area contributed by atoms with E-state index < -0.39 is 11.6 Å². The van der Waals surface area contributed by atoms with Crippen molar-refractivity contribution >= 4 is 39.0 Å². The van der Waals surface area contributed by atoms with E-state index in [2.05, 4.69) is 15.9 Å². The molecule has 0 saturated carbocycles. The van der Waals surface area contributed by atoms with Gasteiger partial charge in [-0.3, -0.25) is 9.59 Å². The molecule has 122 valence electrons. The van der Waals surface area contributed by atoms with Crippen molar-refractivity contribution in [3.63, 3.8) is 0 Å². The standard InChI is InChI=1S/C19H15BrO4/c1-12-2-4-13(5-3-12)16(21)10-18(23)19(24)11-17(22)14-6-8-15(20)9-7-14/h2-11,21-22H,1H3. The highest BCUT2D eigenvalue weighted by atomic mass is 79.9. The lowest BCUT2D eigenvalue weighted by atomic mass is 10.1. The Morgan fingerprint density at radius 2 is 1.17 bits per heavy atom. The summed E-state index contributed by atoms with van der Waals surface area (Å²) in [5.41, 5.74) is 1.85. The van der Waals surface area contributed by atoms with Crippen LogP contribution in [0.5, 0.6) is 0 Å². The maximum absolute atomic E-state index is 11.9. The van der Waals surface area contributed by atoms with Gasteiger partial charge >= 0.3 is 0 Å². The van der Waals surface area contributed by atoms with Crippen LogP contribution in [0.2, 0.25) is 0 Å². The highest BCUT2D eigenvalue weighted by molar-refractivity contribution is 9.10. The molecule has 0 fully saturated rings. The van der Waals surface area contributed by atoms with Gasteiger partial charge in [-0.1, -0.05) is 57.9 Å². The number of allylic oxidation sites excluding steroid dienone is 2. The molecule has 0 saturated heterocycles. The van der Waals surface area contributed by atoms with Gasteiger partial charge in [-0.2, -0.15) is 0 Å². The number of aryl methyl sites for hydroxylation is 1. The molecule has 0 unspecified atom stereocenters. The first-order chi connectivity index (χ1) is 11.4. The Hall–Kier alpha value is -2.66. The molecule has 0 aliphatic carbocycles. The number of rotatable bonds is 5. The fourth-order valence-electron chi connectivity index (χ4n) is 1.90. The summed E-state index contributed by atoms with van der Waals surface area (Å²) in [5.74, 6) is -2.46. The second-order valence-corrected chi connectivity index (χ2v) is 6.08. The van der Waals surface area contributed by atoms with E-state index in [4.69, 9.17) is 0 Å². The number of hydrogen-bond acceptors (Lipinski definition) is 4. The monoisotopic (exact) mass is 386 g/mol. The van der Waals surface area contributed by atoms with Crippen molar-refractivity contribution in [3.8, 4) is 0 Å². The largest absolute Gasteiger partial charge is 0.507 e. The molecule has 0 aliphatic heterocycles. The normalized spacial score (nSPS) is 12.1. The van der Waals surface area contributed by atoms with Crippen LogP contribution in [0.15, 0.2) is 65.2 Å². The van der Waals surface area contributed by atoms with Gasteiger partial charge in [0.1, 0.15) is 11.5 Å². The van der Waals surface area contributed by atoms with Gasteiger partial charge in [-0.15, -0.1) is 0 Å². The first kappa shape index (κ1) is 17.7. The number of benzene rings is 2. The highest BCUT2D eigenvalue weighted by Gasteiger charge is 2.12. The highest BCUT2D eigenvalue weighted by Crippen LogP contribution is 2.16. The number of carbonyl (C=O) groups excluding carboxylic acids is 2. The predicted molar refractivity (Wildman–Crippen MR) is 96.5 cm³/mol. The summed E-state index contributed by atoms with van der Waals surface area (Å²) in [7, 11) is 0. The number of carbonyl (C=O) groups is 2. The number of aliphatic hydroxyl groups excluding tert-OH is 2. The molecule has 24 heavy (non-hydrogen) atoms. The molecule has 0 amide bonds. The lowest BCUT2D eigenvalue weighted by Crippen LogP contribution is -2.09. The van der Waals surface area contributed by atoms with Crippen LogP contribution in [0.3, 0.4) is 0 Å². The second-order valence-electron chi connectivity index (χ2n) is 5.16. The maximum atomic E-state index is 11.9. The Balaban J connectivity index is 2.15. The van der Waals surface area contributed by atoms with E-state index >= 15 is 0 Å². The Bertz CT molecular complexity index is 744. The minimum atomic E-state index is -0.922. The van der Waals surface area contributed by atoms with Crippen LogP contribution in [0.1, 0.15) is 16.7 Å². The van der Waals surface area contributed by atoms with Crippen LogP contribution in [0, 0.1) is 6.92 Å². The van der Waals surface area contributed by atoms with Gasteiger partial charge in [0.25, 0.3) is 0 Å². The van der Waals surface area contributed by atoms with Crippen LogP contribution in [0.4, 0.5) is 0 Å².